The average Bonchev–Trinajstić information content (AvgIpc) is 3.74. The third-order valence-corrected chi connectivity index (χ3v) is 8.67. The van der Waals surface area contributed by atoms with Gasteiger partial charge in [0.1, 0.15) is 0 Å². The van der Waals surface area contributed by atoms with Crippen molar-refractivity contribution >= 4 is 35.3 Å². The van der Waals surface area contributed by atoms with Crippen molar-refractivity contribution in [3.63, 3.8) is 0 Å². The number of fused-ring (bicyclic) bond motifs is 2. The topological polar surface area (TPSA) is 89.4 Å². The standard InChI is InChI=1S/C32H36ClN5O3/c1-19(2)41-32(40)38-13-10-20(11-14-38)28-24-9-8-23(33)16-25(24)26(15-22-5-4-12-35-29(22)28)30(27-17-34-18-37(27)3)36-31(39)21-6-7-21/h4-5,8-9,12,15-21,28,30H,6-7,10-11,13-14H2,1-3H3,(H,36,39). The Morgan fingerprint density at radius 2 is 1.90 bits per heavy atom. The third-order valence-electron chi connectivity index (χ3n) is 8.44. The SMILES string of the molecule is CC(C)OC(=O)N1CCC(C2c3ccc(Cl)cc3C(C(NC(=O)C3CC3)c3cncn3C)=Cc3cccnc32)CC1. The zero-order chi connectivity index (χ0) is 28.7. The lowest BCUT2D eigenvalue weighted by molar-refractivity contribution is -0.122. The van der Waals surface area contributed by atoms with E-state index in [-0.39, 0.29) is 35.9 Å². The fourth-order valence-corrected chi connectivity index (χ4v) is 6.40. The van der Waals surface area contributed by atoms with Gasteiger partial charge in [0.15, 0.2) is 0 Å². The Hall–Kier alpha value is -3.65. The summed E-state index contributed by atoms with van der Waals surface area (Å²) in [6.45, 7) is 5.01. The van der Waals surface area contributed by atoms with E-state index in [9.17, 15) is 9.59 Å². The number of likely N-dealkylation sites (tertiary alicyclic amines) is 1. The zero-order valence-electron chi connectivity index (χ0n) is 23.7. The van der Waals surface area contributed by atoms with Gasteiger partial charge in [-0.05, 0) is 92.0 Å². The average molecular weight is 574 g/mol. The van der Waals surface area contributed by atoms with E-state index in [0.29, 0.717) is 18.1 Å². The van der Waals surface area contributed by atoms with Gasteiger partial charge < -0.3 is 19.5 Å². The molecule has 2 amide bonds. The molecule has 41 heavy (non-hydrogen) atoms. The summed E-state index contributed by atoms with van der Waals surface area (Å²) in [5, 5.41) is 3.98. The minimum Gasteiger partial charge on any atom is -0.447 e. The number of nitrogens with one attached hydrogen (secondary N) is 1. The van der Waals surface area contributed by atoms with Crippen molar-refractivity contribution in [3.05, 3.63) is 82.2 Å². The molecular weight excluding hydrogens is 538 g/mol. The van der Waals surface area contributed by atoms with Gasteiger partial charge in [-0.15, -0.1) is 0 Å². The van der Waals surface area contributed by atoms with Gasteiger partial charge >= 0.3 is 6.09 Å². The molecule has 3 heterocycles. The summed E-state index contributed by atoms with van der Waals surface area (Å²) in [4.78, 5) is 36.9. The summed E-state index contributed by atoms with van der Waals surface area (Å²) >= 11 is 6.66. The Balaban J connectivity index is 1.43. The van der Waals surface area contributed by atoms with Crippen molar-refractivity contribution in [3.8, 4) is 0 Å². The number of rotatable bonds is 6. The third kappa shape index (κ3) is 5.62. The lowest BCUT2D eigenvalue weighted by atomic mass is 9.75. The van der Waals surface area contributed by atoms with Gasteiger partial charge in [-0.2, -0.15) is 0 Å². The number of pyridine rings is 1. The summed E-state index contributed by atoms with van der Waals surface area (Å²) in [5.41, 5.74) is 6.03. The van der Waals surface area contributed by atoms with Crippen LogP contribution < -0.4 is 5.32 Å². The molecule has 3 aromatic rings. The number of nitrogens with zero attached hydrogens (tertiary/aromatic N) is 4. The van der Waals surface area contributed by atoms with Crippen LogP contribution in [-0.4, -0.2) is 50.6 Å². The molecule has 6 rings (SSSR count). The number of imidazole rings is 1. The van der Waals surface area contributed by atoms with Crippen LogP contribution in [0.15, 0.2) is 49.1 Å². The van der Waals surface area contributed by atoms with Gasteiger partial charge in [0.05, 0.1) is 36.1 Å². The Kier molecular flexibility index (Phi) is 7.60. The molecule has 2 aromatic heterocycles. The monoisotopic (exact) mass is 573 g/mol. The maximum atomic E-state index is 13.2. The first-order valence-corrected chi connectivity index (χ1v) is 14.9. The largest absolute Gasteiger partial charge is 0.447 e. The predicted molar refractivity (Wildman–Crippen MR) is 158 cm³/mol. The minimum atomic E-state index is -0.410. The van der Waals surface area contributed by atoms with E-state index in [1.54, 1.807) is 6.33 Å². The lowest BCUT2D eigenvalue weighted by Gasteiger charge is -2.36. The summed E-state index contributed by atoms with van der Waals surface area (Å²) in [5.74, 6) is 0.385. The molecule has 2 fully saturated rings. The van der Waals surface area contributed by atoms with Crippen LogP contribution >= 0.6 is 11.6 Å². The fraction of sp³-hybridized carbons (Fsp3) is 0.438. The van der Waals surface area contributed by atoms with Crippen LogP contribution in [0.3, 0.4) is 0 Å². The summed E-state index contributed by atoms with van der Waals surface area (Å²) in [7, 11) is 1.95. The van der Waals surface area contributed by atoms with E-state index in [1.807, 2.05) is 61.0 Å². The number of benzene rings is 1. The molecule has 0 radical (unpaired) electrons. The van der Waals surface area contributed by atoms with Crippen molar-refractivity contribution < 1.29 is 14.3 Å². The van der Waals surface area contributed by atoms with Crippen molar-refractivity contribution in [1.82, 2.24) is 24.8 Å². The molecule has 2 unspecified atom stereocenters. The predicted octanol–water partition coefficient (Wildman–Crippen LogP) is 5.98. The van der Waals surface area contributed by atoms with E-state index in [2.05, 4.69) is 28.5 Å². The number of aryl methyl sites for hydroxylation is 1. The number of amides is 2. The molecule has 9 heteroatoms. The van der Waals surface area contributed by atoms with E-state index < -0.39 is 6.04 Å². The molecule has 214 valence electrons. The molecule has 2 atom stereocenters. The zero-order valence-corrected chi connectivity index (χ0v) is 24.5. The highest BCUT2D eigenvalue weighted by atomic mass is 35.5. The molecule has 8 nitrogen and oxygen atoms in total. The van der Waals surface area contributed by atoms with Crippen LogP contribution in [0.1, 0.15) is 79.6 Å². The molecule has 3 aliphatic rings. The Morgan fingerprint density at radius 1 is 1.12 bits per heavy atom. The fourth-order valence-electron chi connectivity index (χ4n) is 6.22. The van der Waals surface area contributed by atoms with Gasteiger partial charge in [-0.1, -0.05) is 23.7 Å². The molecule has 1 aromatic carbocycles. The number of ether oxygens (including phenoxy) is 1. The highest BCUT2D eigenvalue weighted by molar-refractivity contribution is 6.30. The number of hydrogen-bond donors (Lipinski definition) is 1. The van der Waals surface area contributed by atoms with Gasteiger partial charge in [-0.25, -0.2) is 9.78 Å². The van der Waals surface area contributed by atoms with E-state index in [1.165, 1.54) is 0 Å². The quantitative estimate of drug-likeness (QED) is 0.392. The summed E-state index contributed by atoms with van der Waals surface area (Å²) in [6, 6.07) is 9.72. The molecule has 2 aliphatic carbocycles. The normalized spacial score (nSPS) is 19.6. The Morgan fingerprint density at radius 3 is 2.59 bits per heavy atom. The second-order valence-corrected chi connectivity index (χ2v) is 12.1. The second kappa shape index (κ2) is 11.3. The van der Waals surface area contributed by atoms with Crippen molar-refractivity contribution in [2.45, 2.75) is 57.6 Å². The number of carbonyl (C=O) groups excluding carboxylic acids is 2. The van der Waals surface area contributed by atoms with E-state index in [0.717, 1.165) is 59.3 Å². The number of carbonyl (C=O) groups is 2. The first-order chi connectivity index (χ1) is 19.8. The molecule has 0 bridgehead atoms. The number of aromatic nitrogens is 3. The minimum absolute atomic E-state index is 0.00167. The van der Waals surface area contributed by atoms with Crippen molar-refractivity contribution in [2.24, 2.45) is 18.9 Å². The van der Waals surface area contributed by atoms with Crippen LogP contribution in [-0.2, 0) is 16.6 Å². The smallest absolute Gasteiger partial charge is 0.410 e. The van der Waals surface area contributed by atoms with Gasteiger partial charge in [0, 0.05) is 43.2 Å². The van der Waals surface area contributed by atoms with Gasteiger partial charge in [0.25, 0.3) is 0 Å². The molecule has 0 spiro atoms. The highest BCUT2D eigenvalue weighted by Gasteiger charge is 2.38. The van der Waals surface area contributed by atoms with Crippen LogP contribution in [0.25, 0.3) is 11.6 Å². The van der Waals surface area contributed by atoms with Gasteiger partial charge in [-0.3, -0.25) is 9.78 Å². The summed E-state index contributed by atoms with van der Waals surface area (Å²) < 4.78 is 7.42. The maximum Gasteiger partial charge on any atom is 0.410 e. The molecule has 1 aliphatic heterocycles. The first kappa shape index (κ1) is 27.5. The van der Waals surface area contributed by atoms with E-state index in [4.69, 9.17) is 21.3 Å². The number of hydrogen-bond acceptors (Lipinski definition) is 5. The second-order valence-electron chi connectivity index (χ2n) is 11.7. The maximum absolute atomic E-state index is 13.2. The number of piperidine rings is 1. The van der Waals surface area contributed by atoms with Gasteiger partial charge in [0.2, 0.25) is 5.91 Å². The molecule has 1 N–H and O–H groups in total. The Bertz CT molecular complexity index is 1490. The lowest BCUT2D eigenvalue weighted by Crippen LogP contribution is -2.41. The molecule has 1 saturated carbocycles. The highest BCUT2D eigenvalue weighted by Crippen LogP contribution is 2.47. The molecule has 1 saturated heterocycles. The molecular formula is C32H36ClN5O3. The van der Waals surface area contributed by atoms with Crippen LogP contribution in [0.5, 0.6) is 0 Å². The first-order valence-electron chi connectivity index (χ1n) is 14.5. The summed E-state index contributed by atoms with van der Waals surface area (Å²) in [6.07, 6.45) is 10.7. The van der Waals surface area contributed by atoms with Crippen LogP contribution in [0.4, 0.5) is 4.79 Å². The Labute approximate surface area is 245 Å². The van der Waals surface area contributed by atoms with Crippen molar-refractivity contribution in [1.29, 1.82) is 0 Å². The van der Waals surface area contributed by atoms with Crippen LogP contribution in [0.2, 0.25) is 5.02 Å². The van der Waals surface area contributed by atoms with E-state index >= 15 is 0 Å². The van der Waals surface area contributed by atoms with Crippen LogP contribution in [0, 0.1) is 11.8 Å². The number of halogens is 1. The van der Waals surface area contributed by atoms with Crippen molar-refractivity contribution in [2.75, 3.05) is 13.1 Å².